The second-order valence-corrected chi connectivity index (χ2v) is 9.02. The van der Waals surface area contributed by atoms with E-state index in [2.05, 4.69) is 22.1 Å². The predicted octanol–water partition coefficient (Wildman–Crippen LogP) is 4.21. The minimum Gasteiger partial charge on any atom is -0.486 e. The number of thioether (sulfide) groups is 1. The van der Waals surface area contributed by atoms with E-state index in [1.165, 1.54) is 11.8 Å². The zero-order chi connectivity index (χ0) is 24.1. The van der Waals surface area contributed by atoms with Crippen LogP contribution in [0.1, 0.15) is 24.7 Å². The summed E-state index contributed by atoms with van der Waals surface area (Å²) in [7, 11) is 0. The molecule has 0 saturated carbocycles. The average molecular weight is 478 g/mol. The number of rotatable bonds is 8. The molecular weight excluding hydrogens is 450 g/mol. The first kappa shape index (κ1) is 23.6. The predicted molar refractivity (Wildman–Crippen MR) is 133 cm³/mol. The molecule has 1 atom stereocenters. The van der Waals surface area contributed by atoms with Crippen LogP contribution in [0, 0.1) is 6.92 Å². The van der Waals surface area contributed by atoms with E-state index >= 15 is 0 Å². The van der Waals surface area contributed by atoms with Crippen LogP contribution in [0.15, 0.2) is 66.3 Å². The quantitative estimate of drug-likeness (QED) is 0.386. The van der Waals surface area contributed by atoms with Crippen molar-refractivity contribution < 1.29 is 14.3 Å². The van der Waals surface area contributed by atoms with Crippen molar-refractivity contribution in [3.8, 4) is 5.75 Å². The molecule has 176 valence electrons. The van der Waals surface area contributed by atoms with Crippen molar-refractivity contribution in [1.82, 2.24) is 14.8 Å². The molecule has 0 fully saturated rings. The topological polar surface area (TPSA) is 89.3 Å². The highest BCUT2D eigenvalue weighted by atomic mass is 32.2. The summed E-state index contributed by atoms with van der Waals surface area (Å²) in [6, 6.07) is 14.9. The third kappa shape index (κ3) is 5.31. The molecule has 0 aliphatic carbocycles. The summed E-state index contributed by atoms with van der Waals surface area (Å²) in [6.07, 6.45) is 1.99. The Morgan fingerprint density at radius 1 is 1.26 bits per heavy atom. The lowest BCUT2D eigenvalue weighted by Crippen LogP contribution is -2.40. The van der Waals surface area contributed by atoms with Gasteiger partial charge in [-0.25, -0.2) is 0 Å². The molecule has 8 nitrogen and oxygen atoms in total. The van der Waals surface area contributed by atoms with E-state index in [-0.39, 0.29) is 36.6 Å². The first-order valence-electron chi connectivity index (χ1n) is 11.0. The third-order valence-corrected chi connectivity index (χ3v) is 6.37. The Labute approximate surface area is 203 Å². The number of aryl methyl sites for hydroxylation is 1. The maximum atomic E-state index is 13.3. The zero-order valence-electron chi connectivity index (χ0n) is 19.2. The van der Waals surface area contributed by atoms with Crippen molar-refractivity contribution >= 4 is 35.0 Å². The minimum atomic E-state index is -0.263. The van der Waals surface area contributed by atoms with Gasteiger partial charge in [-0.1, -0.05) is 42.1 Å². The van der Waals surface area contributed by atoms with E-state index in [0.717, 1.165) is 11.3 Å². The van der Waals surface area contributed by atoms with Crippen molar-refractivity contribution in [1.29, 1.82) is 0 Å². The van der Waals surface area contributed by atoms with Crippen LogP contribution in [0.4, 0.5) is 11.4 Å². The molecule has 3 aromatic rings. The Morgan fingerprint density at radius 3 is 2.88 bits per heavy atom. The van der Waals surface area contributed by atoms with Crippen LogP contribution >= 0.6 is 11.8 Å². The molecule has 1 N–H and O–H groups in total. The van der Waals surface area contributed by atoms with Gasteiger partial charge in [0.25, 0.3) is 0 Å². The van der Waals surface area contributed by atoms with Crippen LogP contribution in [0.3, 0.4) is 0 Å². The van der Waals surface area contributed by atoms with Crippen LogP contribution in [-0.4, -0.2) is 38.4 Å². The molecule has 9 heteroatoms. The molecular formula is C25H27N5O3S. The Hall–Kier alpha value is -3.59. The summed E-state index contributed by atoms with van der Waals surface area (Å²) < 4.78 is 7.78. The van der Waals surface area contributed by atoms with Gasteiger partial charge in [-0.05, 0) is 43.7 Å². The summed E-state index contributed by atoms with van der Waals surface area (Å²) in [6.45, 7) is 8.47. The Balaban J connectivity index is 1.48. The van der Waals surface area contributed by atoms with Gasteiger partial charge < -0.3 is 15.0 Å². The average Bonchev–Trinajstić information content (AvgIpc) is 3.13. The second-order valence-electron chi connectivity index (χ2n) is 8.07. The molecule has 4 rings (SSSR count). The van der Waals surface area contributed by atoms with E-state index in [4.69, 9.17) is 4.74 Å². The molecule has 0 bridgehead atoms. The summed E-state index contributed by atoms with van der Waals surface area (Å²) in [4.78, 5) is 27.2. The summed E-state index contributed by atoms with van der Waals surface area (Å²) in [5, 5.41) is 12.1. The number of anilines is 2. The molecule has 0 radical (unpaired) electrons. The largest absolute Gasteiger partial charge is 0.486 e. The van der Waals surface area contributed by atoms with E-state index in [1.54, 1.807) is 17.0 Å². The maximum Gasteiger partial charge on any atom is 0.237 e. The Morgan fingerprint density at radius 2 is 2.09 bits per heavy atom. The van der Waals surface area contributed by atoms with E-state index in [1.807, 2.05) is 60.9 Å². The number of nitrogens with zero attached hydrogens (tertiary/aromatic N) is 4. The highest BCUT2D eigenvalue weighted by molar-refractivity contribution is 7.99. The molecule has 0 spiro atoms. The normalized spacial score (nSPS) is 15.3. The number of carbonyl (C=O) groups is 2. The van der Waals surface area contributed by atoms with Gasteiger partial charge in [-0.3, -0.25) is 14.2 Å². The molecule has 1 aliphatic rings. The number of para-hydroxylation sites is 2. The van der Waals surface area contributed by atoms with Crippen molar-refractivity contribution in [3.05, 3.63) is 72.6 Å². The lowest BCUT2D eigenvalue weighted by Gasteiger charge is -2.27. The van der Waals surface area contributed by atoms with Crippen molar-refractivity contribution in [2.45, 2.75) is 44.6 Å². The molecule has 1 aliphatic heterocycles. The Bertz CT molecular complexity index is 1210. The molecule has 2 heterocycles. The van der Waals surface area contributed by atoms with Gasteiger partial charge in [0.05, 0.1) is 17.1 Å². The molecule has 34 heavy (non-hydrogen) atoms. The van der Waals surface area contributed by atoms with Gasteiger partial charge in [0.2, 0.25) is 11.8 Å². The molecule has 2 amide bonds. The maximum absolute atomic E-state index is 13.3. The number of carbonyl (C=O) groups excluding carboxylic acids is 2. The van der Waals surface area contributed by atoms with E-state index in [0.29, 0.717) is 28.9 Å². The van der Waals surface area contributed by atoms with Crippen LogP contribution < -0.4 is 15.0 Å². The summed E-state index contributed by atoms with van der Waals surface area (Å²) in [5.74, 6) is 1.36. The first-order valence-corrected chi connectivity index (χ1v) is 12.0. The number of fused-ring (bicyclic) bond motifs is 1. The fraction of sp³-hybridized carbons (Fsp3) is 0.280. The number of hydrogen-bond donors (Lipinski definition) is 1. The number of nitrogens with one attached hydrogen (secondary N) is 1. The highest BCUT2D eigenvalue weighted by Crippen LogP contribution is 2.32. The number of ether oxygens (including phenoxy) is 1. The SMILES string of the molecule is C=CCn1c(COc2cccc(C)c2)nnc1SCC(=O)N1c2ccccc2NC(=O)CC1C. The van der Waals surface area contributed by atoms with Gasteiger partial charge in [0.1, 0.15) is 12.4 Å². The van der Waals surface area contributed by atoms with Crippen LogP contribution in [0.5, 0.6) is 5.75 Å². The summed E-state index contributed by atoms with van der Waals surface area (Å²) in [5.41, 5.74) is 2.45. The van der Waals surface area contributed by atoms with Crippen LogP contribution in [0.2, 0.25) is 0 Å². The second kappa shape index (κ2) is 10.6. The molecule has 0 saturated heterocycles. The van der Waals surface area contributed by atoms with Gasteiger partial charge in [0, 0.05) is 19.0 Å². The third-order valence-electron chi connectivity index (χ3n) is 5.42. The number of allylic oxidation sites excluding steroid dienone is 1. The van der Waals surface area contributed by atoms with Gasteiger partial charge in [0.15, 0.2) is 11.0 Å². The van der Waals surface area contributed by atoms with Crippen molar-refractivity contribution in [2.24, 2.45) is 0 Å². The standard InChI is InChI=1S/C25H27N5O3S/c1-4-12-29-22(15-33-19-9-7-8-17(2)13-19)27-28-25(29)34-16-24(32)30-18(3)14-23(31)26-20-10-5-6-11-21(20)30/h4-11,13,18H,1,12,14-16H2,2-3H3,(H,26,31). The highest BCUT2D eigenvalue weighted by Gasteiger charge is 2.29. The molecule has 2 aromatic carbocycles. The van der Waals surface area contributed by atoms with Gasteiger partial charge >= 0.3 is 0 Å². The van der Waals surface area contributed by atoms with E-state index < -0.39 is 0 Å². The monoisotopic (exact) mass is 477 g/mol. The minimum absolute atomic E-state index is 0.104. The van der Waals surface area contributed by atoms with Crippen molar-refractivity contribution in [3.63, 3.8) is 0 Å². The fourth-order valence-electron chi connectivity index (χ4n) is 3.86. The van der Waals surface area contributed by atoms with Crippen molar-refractivity contribution in [2.75, 3.05) is 16.0 Å². The van der Waals surface area contributed by atoms with E-state index in [9.17, 15) is 9.59 Å². The van der Waals surface area contributed by atoms with Gasteiger partial charge in [-0.15, -0.1) is 16.8 Å². The lowest BCUT2D eigenvalue weighted by atomic mass is 10.2. The number of amides is 2. The number of aromatic nitrogens is 3. The molecule has 1 unspecified atom stereocenters. The van der Waals surface area contributed by atoms with Crippen LogP contribution in [0.25, 0.3) is 0 Å². The number of hydrogen-bond acceptors (Lipinski definition) is 6. The smallest absolute Gasteiger partial charge is 0.237 e. The fourth-order valence-corrected chi connectivity index (χ4v) is 4.69. The van der Waals surface area contributed by atoms with Gasteiger partial charge in [-0.2, -0.15) is 0 Å². The Kier molecular flexibility index (Phi) is 7.32. The number of benzene rings is 2. The zero-order valence-corrected chi connectivity index (χ0v) is 20.0. The van der Waals surface area contributed by atoms with Crippen LogP contribution in [-0.2, 0) is 22.7 Å². The lowest BCUT2D eigenvalue weighted by molar-refractivity contribution is -0.117. The molecule has 1 aromatic heterocycles. The summed E-state index contributed by atoms with van der Waals surface area (Å²) >= 11 is 1.31. The first-order chi connectivity index (χ1) is 16.5.